The molecule has 0 fully saturated rings. The Morgan fingerprint density at radius 1 is 1.32 bits per heavy atom. The molecule has 0 saturated carbocycles. The van der Waals surface area contributed by atoms with Gasteiger partial charge >= 0.3 is 5.88 Å². The van der Waals surface area contributed by atoms with Gasteiger partial charge in [-0.2, -0.15) is 0 Å². The van der Waals surface area contributed by atoms with Crippen LogP contribution in [0, 0.1) is 17.0 Å². The number of nitro groups is 1. The zero-order chi connectivity index (χ0) is 14.2. The van der Waals surface area contributed by atoms with Crippen molar-refractivity contribution in [2.24, 2.45) is 5.73 Å². The Kier molecular flexibility index (Phi) is 4.07. The highest BCUT2D eigenvalue weighted by Crippen LogP contribution is 2.33. The fourth-order valence-corrected chi connectivity index (χ4v) is 2.73. The van der Waals surface area contributed by atoms with E-state index in [4.69, 9.17) is 10.2 Å². The van der Waals surface area contributed by atoms with E-state index >= 15 is 0 Å². The highest BCUT2D eigenvalue weighted by Gasteiger charge is 2.20. The van der Waals surface area contributed by atoms with Crippen molar-refractivity contribution < 1.29 is 9.34 Å². The number of nitrogens with zero attached hydrogens (tertiary/aromatic N) is 1. The van der Waals surface area contributed by atoms with Crippen molar-refractivity contribution >= 4 is 37.7 Å². The summed E-state index contributed by atoms with van der Waals surface area (Å²) in [6, 6.07) is 6.05. The monoisotopic (exact) mass is 388 g/mol. The van der Waals surface area contributed by atoms with Crippen molar-refractivity contribution in [1.82, 2.24) is 0 Å². The zero-order valence-corrected chi connectivity index (χ0v) is 13.1. The molecule has 7 heteroatoms. The summed E-state index contributed by atoms with van der Waals surface area (Å²) in [6.45, 7) is 1.96. The molecule has 0 spiro atoms. The van der Waals surface area contributed by atoms with Crippen LogP contribution in [0.4, 0.5) is 5.88 Å². The van der Waals surface area contributed by atoms with E-state index in [1.807, 2.05) is 19.1 Å². The molecule has 0 aliphatic carbocycles. The van der Waals surface area contributed by atoms with Gasteiger partial charge in [-0.1, -0.05) is 31.9 Å². The number of furan rings is 1. The molecule has 2 rings (SSSR count). The third-order valence-electron chi connectivity index (χ3n) is 2.71. The van der Waals surface area contributed by atoms with Crippen LogP contribution in [0.1, 0.15) is 22.9 Å². The number of nitrogens with two attached hydrogens (primary N) is 1. The molecule has 5 nitrogen and oxygen atoms in total. The van der Waals surface area contributed by atoms with Gasteiger partial charge in [0.25, 0.3) is 0 Å². The first-order valence-electron chi connectivity index (χ1n) is 5.35. The molecule has 19 heavy (non-hydrogen) atoms. The van der Waals surface area contributed by atoms with E-state index in [0.29, 0.717) is 5.76 Å². The second kappa shape index (κ2) is 5.44. The van der Waals surface area contributed by atoms with Crippen molar-refractivity contribution in [3.63, 3.8) is 0 Å². The van der Waals surface area contributed by atoms with E-state index in [1.54, 1.807) is 0 Å². The predicted molar refractivity (Wildman–Crippen MR) is 78.0 cm³/mol. The van der Waals surface area contributed by atoms with Gasteiger partial charge in [0.1, 0.15) is 10.7 Å². The van der Waals surface area contributed by atoms with E-state index < -0.39 is 11.0 Å². The van der Waals surface area contributed by atoms with Crippen LogP contribution in [0.25, 0.3) is 0 Å². The van der Waals surface area contributed by atoms with Crippen LogP contribution in [-0.4, -0.2) is 4.92 Å². The lowest BCUT2D eigenvalue weighted by molar-refractivity contribution is -0.402. The second-order valence-electron chi connectivity index (χ2n) is 4.03. The van der Waals surface area contributed by atoms with Crippen molar-refractivity contribution in [2.75, 3.05) is 0 Å². The maximum Gasteiger partial charge on any atom is 0.433 e. The molecule has 1 aromatic carbocycles. The fourth-order valence-electron chi connectivity index (χ4n) is 1.66. The molecule has 1 heterocycles. The first kappa shape index (κ1) is 14.2. The predicted octanol–water partition coefficient (Wildman–Crippen LogP) is 4.07. The summed E-state index contributed by atoms with van der Waals surface area (Å²) >= 11 is 6.87. The second-order valence-corrected chi connectivity index (χ2v) is 5.74. The van der Waals surface area contributed by atoms with E-state index in [9.17, 15) is 10.1 Å². The number of benzene rings is 1. The van der Waals surface area contributed by atoms with Gasteiger partial charge in [-0.15, -0.1) is 0 Å². The van der Waals surface area contributed by atoms with Crippen molar-refractivity contribution in [1.29, 1.82) is 0 Å². The summed E-state index contributed by atoms with van der Waals surface area (Å²) < 4.78 is 6.88. The van der Waals surface area contributed by atoms with Crippen LogP contribution in [0.2, 0.25) is 0 Å². The number of halogens is 2. The van der Waals surface area contributed by atoms with Crippen LogP contribution in [0.15, 0.2) is 37.6 Å². The minimum atomic E-state index is -0.587. The average Bonchev–Trinajstić information content (AvgIpc) is 2.82. The first-order valence-corrected chi connectivity index (χ1v) is 6.94. The lowest BCUT2D eigenvalue weighted by Crippen LogP contribution is -2.12. The third-order valence-corrected chi connectivity index (χ3v) is 4.25. The normalized spacial score (nSPS) is 12.4. The largest absolute Gasteiger partial charge is 0.433 e. The molecule has 0 bridgehead atoms. The number of hydrogen-bond donors (Lipinski definition) is 1. The van der Waals surface area contributed by atoms with Gasteiger partial charge in [-0.25, -0.2) is 0 Å². The topological polar surface area (TPSA) is 82.3 Å². The van der Waals surface area contributed by atoms with Crippen LogP contribution >= 0.6 is 31.9 Å². The van der Waals surface area contributed by atoms with E-state index in [2.05, 4.69) is 31.9 Å². The van der Waals surface area contributed by atoms with Crippen LogP contribution in [-0.2, 0) is 0 Å². The Morgan fingerprint density at radius 3 is 2.58 bits per heavy atom. The van der Waals surface area contributed by atoms with Gasteiger partial charge in [0.2, 0.25) is 0 Å². The van der Waals surface area contributed by atoms with Gasteiger partial charge in [-0.3, -0.25) is 10.1 Å². The zero-order valence-electron chi connectivity index (χ0n) is 9.89. The van der Waals surface area contributed by atoms with Gasteiger partial charge in [0, 0.05) is 8.95 Å². The quantitative estimate of drug-likeness (QED) is 0.633. The smallest absolute Gasteiger partial charge is 0.404 e. The van der Waals surface area contributed by atoms with Gasteiger partial charge in [-0.05, 0) is 36.2 Å². The van der Waals surface area contributed by atoms with Gasteiger partial charge in [0.15, 0.2) is 0 Å². The molecule has 1 aromatic heterocycles. The lowest BCUT2D eigenvalue weighted by Gasteiger charge is -2.13. The molecule has 0 aliphatic heterocycles. The Morgan fingerprint density at radius 2 is 2.00 bits per heavy atom. The standard InChI is InChI=1S/C12H10Br2N2O3/c1-6-4-9(14)7(5-8(6)13)12(15)10-2-3-11(19-10)16(17)18/h2-5,12H,15H2,1H3. The van der Waals surface area contributed by atoms with Crippen molar-refractivity contribution in [3.05, 3.63) is 60.2 Å². The molecule has 2 N–H and O–H groups in total. The Bertz CT molecular complexity index is 640. The first-order chi connectivity index (χ1) is 8.90. The maximum atomic E-state index is 10.6. The van der Waals surface area contributed by atoms with Gasteiger partial charge < -0.3 is 10.2 Å². The minimum absolute atomic E-state index is 0.312. The highest BCUT2D eigenvalue weighted by molar-refractivity contribution is 9.11. The Balaban J connectivity index is 2.40. The molecule has 0 saturated heterocycles. The molecular formula is C12H10Br2N2O3. The van der Waals surface area contributed by atoms with Crippen LogP contribution in [0.3, 0.4) is 0 Å². The molecule has 2 aromatic rings. The molecule has 1 unspecified atom stereocenters. The van der Waals surface area contributed by atoms with Crippen LogP contribution in [0.5, 0.6) is 0 Å². The molecule has 0 aliphatic rings. The Labute approximate surface area is 126 Å². The summed E-state index contributed by atoms with van der Waals surface area (Å²) in [6.07, 6.45) is 0. The number of hydrogen-bond acceptors (Lipinski definition) is 4. The average molecular weight is 390 g/mol. The molecule has 100 valence electrons. The van der Waals surface area contributed by atoms with E-state index in [1.165, 1.54) is 12.1 Å². The third kappa shape index (κ3) is 2.88. The SMILES string of the molecule is Cc1cc(Br)c(C(N)c2ccc([N+](=O)[O-])o2)cc1Br. The summed E-state index contributed by atoms with van der Waals surface area (Å²) in [5, 5.41) is 10.6. The summed E-state index contributed by atoms with van der Waals surface area (Å²) in [5.41, 5.74) is 7.94. The number of aryl methyl sites for hydroxylation is 1. The molecular weight excluding hydrogens is 380 g/mol. The molecule has 0 amide bonds. The molecule has 0 radical (unpaired) electrons. The van der Waals surface area contributed by atoms with Crippen molar-refractivity contribution in [3.8, 4) is 0 Å². The van der Waals surface area contributed by atoms with Crippen molar-refractivity contribution in [2.45, 2.75) is 13.0 Å². The van der Waals surface area contributed by atoms with E-state index in [0.717, 1.165) is 20.1 Å². The lowest BCUT2D eigenvalue weighted by atomic mass is 10.0. The Hall–Kier alpha value is -1.18. The fraction of sp³-hybridized carbons (Fsp3) is 0.167. The minimum Gasteiger partial charge on any atom is -0.404 e. The maximum absolute atomic E-state index is 10.6. The molecule has 1 atom stereocenters. The summed E-state index contributed by atoms with van der Waals surface area (Å²) in [7, 11) is 0. The highest BCUT2D eigenvalue weighted by atomic mass is 79.9. The summed E-state index contributed by atoms with van der Waals surface area (Å²) in [5.74, 6) is 0.0379. The van der Waals surface area contributed by atoms with Crippen LogP contribution < -0.4 is 5.73 Å². The number of rotatable bonds is 3. The van der Waals surface area contributed by atoms with Gasteiger partial charge in [0.05, 0.1) is 12.1 Å². The summed E-state index contributed by atoms with van der Waals surface area (Å²) in [4.78, 5) is 10.0. The van der Waals surface area contributed by atoms with E-state index in [-0.39, 0.29) is 5.88 Å².